The molecule has 1 aromatic carbocycles. The quantitative estimate of drug-likeness (QED) is 0.616. The first-order valence-electron chi connectivity index (χ1n) is 6.19. The van der Waals surface area contributed by atoms with Gasteiger partial charge in [0.2, 0.25) is 5.91 Å². The van der Waals surface area contributed by atoms with Gasteiger partial charge in [0.25, 0.3) is 0 Å². The number of nitrogens with one attached hydrogen (secondary N) is 1. The van der Waals surface area contributed by atoms with E-state index in [2.05, 4.69) is 27.9 Å². The monoisotopic (exact) mass is 385 g/mol. The standard InChI is InChI=1S/C14H12INO4/c15-7-1-3-8(4-2-7)16-13(17)11-9-5-6-10(20-9)12(11)14(18)19/h1-6,9-12H,(H,16,17)(H,18,19)/t9-,10+,11+,12+/m1/s1. The molecular formula is C14H12INO4. The van der Waals surface area contributed by atoms with Crippen molar-refractivity contribution in [1.29, 1.82) is 0 Å². The lowest BCUT2D eigenvalue weighted by molar-refractivity contribution is -0.145. The van der Waals surface area contributed by atoms with Gasteiger partial charge < -0.3 is 15.2 Å². The molecule has 3 rings (SSSR count). The first-order chi connectivity index (χ1) is 9.56. The highest BCUT2D eigenvalue weighted by Crippen LogP contribution is 2.39. The molecule has 0 radical (unpaired) electrons. The summed E-state index contributed by atoms with van der Waals surface area (Å²) in [5.74, 6) is -2.80. The van der Waals surface area contributed by atoms with Crippen molar-refractivity contribution in [1.82, 2.24) is 0 Å². The highest BCUT2D eigenvalue weighted by Gasteiger charge is 2.53. The van der Waals surface area contributed by atoms with E-state index in [9.17, 15) is 14.7 Å². The van der Waals surface area contributed by atoms with Gasteiger partial charge in [-0.3, -0.25) is 9.59 Å². The summed E-state index contributed by atoms with van der Waals surface area (Å²) in [6.45, 7) is 0. The van der Waals surface area contributed by atoms with Crippen molar-refractivity contribution < 1.29 is 19.4 Å². The van der Waals surface area contributed by atoms with E-state index in [4.69, 9.17) is 4.74 Å². The molecule has 2 N–H and O–H groups in total. The fraction of sp³-hybridized carbons (Fsp3) is 0.286. The summed E-state index contributed by atoms with van der Waals surface area (Å²) < 4.78 is 6.55. The third kappa shape index (κ3) is 2.33. The number of aliphatic carboxylic acids is 1. The van der Waals surface area contributed by atoms with Crippen LogP contribution in [0.2, 0.25) is 0 Å². The molecular weight excluding hydrogens is 373 g/mol. The average Bonchev–Trinajstić information content (AvgIpc) is 3.01. The van der Waals surface area contributed by atoms with Crippen molar-refractivity contribution in [3.8, 4) is 0 Å². The van der Waals surface area contributed by atoms with E-state index in [-0.39, 0.29) is 5.91 Å². The number of hydrogen-bond acceptors (Lipinski definition) is 3. The lowest BCUT2D eigenvalue weighted by Crippen LogP contribution is -2.39. The minimum atomic E-state index is -0.996. The third-order valence-corrected chi connectivity index (χ3v) is 4.32. The molecule has 1 fully saturated rings. The summed E-state index contributed by atoms with van der Waals surface area (Å²) >= 11 is 2.18. The van der Waals surface area contributed by atoms with Crippen molar-refractivity contribution in [3.63, 3.8) is 0 Å². The Labute approximate surface area is 129 Å². The van der Waals surface area contributed by atoms with Crippen LogP contribution in [-0.4, -0.2) is 29.2 Å². The smallest absolute Gasteiger partial charge is 0.310 e. The molecule has 5 nitrogen and oxygen atoms in total. The number of benzene rings is 1. The van der Waals surface area contributed by atoms with Gasteiger partial charge in [-0.15, -0.1) is 0 Å². The Kier molecular flexibility index (Phi) is 3.51. The molecule has 0 aliphatic carbocycles. The van der Waals surface area contributed by atoms with Crippen molar-refractivity contribution in [2.24, 2.45) is 11.8 Å². The van der Waals surface area contributed by atoms with E-state index in [0.29, 0.717) is 5.69 Å². The molecule has 1 saturated heterocycles. The van der Waals surface area contributed by atoms with Gasteiger partial charge in [0, 0.05) is 9.26 Å². The maximum atomic E-state index is 12.3. The van der Waals surface area contributed by atoms with Crippen LogP contribution in [0.5, 0.6) is 0 Å². The summed E-state index contributed by atoms with van der Waals surface area (Å²) in [7, 11) is 0. The molecule has 0 unspecified atom stereocenters. The maximum absolute atomic E-state index is 12.3. The molecule has 2 aliphatic rings. The first kappa shape index (κ1) is 13.6. The van der Waals surface area contributed by atoms with Crippen molar-refractivity contribution in [2.75, 3.05) is 5.32 Å². The number of anilines is 1. The van der Waals surface area contributed by atoms with E-state index >= 15 is 0 Å². The van der Waals surface area contributed by atoms with Crippen LogP contribution < -0.4 is 5.32 Å². The fourth-order valence-electron chi connectivity index (χ4n) is 2.67. The molecule has 2 bridgehead atoms. The second-order valence-corrected chi connectivity index (χ2v) is 6.08. The molecule has 104 valence electrons. The van der Waals surface area contributed by atoms with Gasteiger partial charge in [-0.25, -0.2) is 0 Å². The van der Waals surface area contributed by atoms with Crippen molar-refractivity contribution >= 4 is 40.2 Å². The van der Waals surface area contributed by atoms with Gasteiger partial charge in [-0.1, -0.05) is 12.2 Å². The van der Waals surface area contributed by atoms with E-state index in [1.54, 1.807) is 24.3 Å². The number of carbonyl (C=O) groups excluding carboxylic acids is 1. The Bertz CT molecular complexity index is 583. The topological polar surface area (TPSA) is 75.6 Å². The van der Waals surface area contributed by atoms with Crippen LogP contribution >= 0.6 is 22.6 Å². The molecule has 1 aromatic rings. The van der Waals surface area contributed by atoms with Gasteiger partial charge in [-0.05, 0) is 46.9 Å². The SMILES string of the molecule is O=C(O)[C@@H]1[C@@H](C(=O)Nc2ccc(I)cc2)[C@H]2C=C[C@@H]1O2. The van der Waals surface area contributed by atoms with Crippen molar-refractivity contribution in [2.45, 2.75) is 12.2 Å². The second kappa shape index (κ2) is 5.17. The maximum Gasteiger partial charge on any atom is 0.310 e. The molecule has 0 saturated carbocycles. The van der Waals surface area contributed by atoms with E-state index in [1.807, 2.05) is 12.1 Å². The van der Waals surface area contributed by atoms with Crippen LogP contribution in [0.15, 0.2) is 36.4 Å². The Morgan fingerprint density at radius 1 is 1.10 bits per heavy atom. The zero-order valence-corrected chi connectivity index (χ0v) is 12.5. The molecule has 20 heavy (non-hydrogen) atoms. The first-order valence-corrected chi connectivity index (χ1v) is 7.27. The second-order valence-electron chi connectivity index (χ2n) is 4.84. The number of fused-ring (bicyclic) bond motifs is 2. The molecule has 6 heteroatoms. The Morgan fingerprint density at radius 3 is 2.30 bits per heavy atom. The lowest BCUT2D eigenvalue weighted by Gasteiger charge is -2.20. The number of ether oxygens (including phenoxy) is 1. The number of amides is 1. The summed E-state index contributed by atoms with van der Waals surface area (Å²) in [5.41, 5.74) is 0.659. The summed E-state index contributed by atoms with van der Waals surface area (Å²) in [6.07, 6.45) is 2.55. The lowest BCUT2D eigenvalue weighted by atomic mass is 9.82. The number of hydrogen-bond donors (Lipinski definition) is 2. The Hall–Kier alpha value is -1.41. The summed E-state index contributed by atoms with van der Waals surface area (Å²) in [4.78, 5) is 23.6. The van der Waals surface area contributed by atoms with Crippen LogP contribution in [0, 0.1) is 15.4 Å². The zero-order valence-electron chi connectivity index (χ0n) is 10.3. The molecule has 0 spiro atoms. The van der Waals surface area contributed by atoms with Gasteiger partial charge in [0.15, 0.2) is 0 Å². The predicted octanol–water partition coefficient (Wildman–Crippen LogP) is 1.88. The molecule has 2 aliphatic heterocycles. The number of carboxylic acid groups (broad SMARTS) is 1. The van der Waals surface area contributed by atoms with E-state index < -0.39 is 30.0 Å². The van der Waals surface area contributed by atoms with Crippen LogP contribution in [0.3, 0.4) is 0 Å². The molecule has 4 atom stereocenters. The predicted molar refractivity (Wildman–Crippen MR) is 80.2 cm³/mol. The number of carbonyl (C=O) groups is 2. The van der Waals surface area contributed by atoms with E-state index in [1.165, 1.54) is 0 Å². The number of rotatable bonds is 3. The summed E-state index contributed by atoms with van der Waals surface area (Å²) in [6, 6.07) is 7.34. The van der Waals surface area contributed by atoms with Crippen LogP contribution in [0.1, 0.15) is 0 Å². The van der Waals surface area contributed by atoms with Gasteiger partial charge in [-0.2, -0.15) is 0 Å². The fourth-order valence-corrected chi connectivity index (χ4v) is 3.03. The highest BCUT2D eigenvalue weighted by atomic mass is 127. The molecule has 1 amide bonds. The Balaban J connectivity index is 1.78. The summed E-state index contributed by atoms with van der Waals surface area (Å²) in [5, 5.41) is 12.0. The van der Waals surface area contributed by atoms with Gasteiger partial charge >= 0.3 is 5.97 Å². The number of halogens is 1. The number of carboxylic acids is 1. The minimum Gasteiger partial charge on any atom is -0.481 e. The van der Waals surface area contributed by atoms with Gasteiger partial charge in [0.05, 0.1) is 18.1 Å². The van der Waals surface area contributed by atoms with Gasteiger partial charge in [0.1, 0.15) is 5.92 Å². The highest BCUT2D eigenvalue weighted by molar-refractivity contribution is 14.1. The normalized spacial score (nSPS) is 30.4. The van der Waals surface area contributed by atoms with Crippen LogP contribution in [0.25, 0.3) is 0 Å². The molecule has 2 heterocycles. The minimum absolute atomic E-state index is 0.310. The largest absolute Gasteiger partial charge is 0.481 e. The van der Waals surface area contributed by atoms with Crippen molar-refractivity contribution in [3.05, 3.63) is 40.0 Å². The van der Waals surface area contributed by atoms with Crippen LogP contribution in [-0.2, 0) is 14.3 Å². The van der Waals surface area contributed by atoms with E-state index in [0.717, 1.165) is 3.57 Å². The average molecular weight is 385 g/mol. The molecule has 0 aromatic heterocycles. The Morgan fingerprint density at radius 2 is 1.70 bits per heavy atom. The zero-order chi connectivity index (χ0) is 14.3. The van der Waals surface area contributed by atoms with Crippen LogP contribution in [0.4, 0.5) is 5.69 Å². The third-order valence-electron chi connectivity index (χ3n) is 3.60.